The number of rotatable bonds is 3. The second-order valence-corrected chi connectivity index (χ2v) is 13.7. The highest BCUT2D eigenvalue weighted by atomic mass is 32.2. The minimum atomic E-state index is -3.31. The van der Waals surface area contributed by atoms with Crippen LogP contribution in [0.3, 0.4) is 0 Å². The number of benzene rings is 4. The fourth-order valence-corrected chi connectivity index (χ4v) is 7.78. The van der Waals surface area contributed by atoms with Crippen LogP contribution in [0.15, 0.2) is 93.1 Å². The van der Waals surface area contributed by atoms with Gasteiger partial charge in [-0.2, -0.15) is 0 Å². The minimum absolute atomic E-state index is 0.416. The Balaban J connectivity index is 1.30. The average molecular weight is 522 g/mol. The molecule has 7 rings (SSSR count). The first kappa shape index (κ1) is 23.6. The highest BCUT2D eigenvalue weighted by Crippen LogP contribution is 2.47. The third-order valence-corrected chi connectivity index (χ3v) is 10.9. The van der Waals surface area contributed by atoms with Gasteiger partial charge in [0.1, 0.15) is 11.2 Å². The molecule has 0 amide bonds. The topological polar surface area (TPSA) is 65.7 Å². The summed E-state index contributed by atoms with van der Waals surface area (Å²) in [4.78, 5) is 13.3. The highest BCUT2D eigenvalue weighted by Gasteiger charge is 2.51. The SMILES string of the molecule is CC1(C)OB(c2ccc3c(c2)oc2ccc(-c4ccc5c(c4)[SH](=O)(C=O)c4ccccc4-5)cc23)OC1(C)C. The van der Waals surface area contributed by atoms with Gasteiger partial charge in [0.2, 0.25) is 0 Å². The lowest BCUT2D eigenvalue weighted by Crippen LogP contribution is -2.41. The summed E-state index contributed by atoms with van der Waals surface area (Å²) in [6.45, 7) is 8.17. The standard InChI is InChI=1S/C31H27BO5S/c1-30(2)31(3,4)37-32(36-30)21-11-13-22-25-15-19(10-14-26(25)35-27(22)17-21)20-9-12-24-23-7-5-6-8-28(23)38(34,18-33)29(24)16-20/h5-18,38H,1-4H3. The summed E-state index contributed by atoms with van der Waals surface area (Å²) in [5.74, 6) is 0. The van der Waals surface area contributed by atoms with Gasteiger partial charge in [0.25, 0.3) is 0 Å². The first-order chi connectivity index (χ1) is 18.1. The van der Waals surface area contributed by atoms with Crippen LogP contribution in [0.4, 0.5) is 0 Å². The number of hydrogen-bond donors (Lipinski definition) is 1. The summed E-state index contributed by atoms with van der Waals surface area (Å²) in [5.41, 5.74) is 5.87. The van der Waals surface area contributed by atoms with Crippen LogP contribution in [0.2, 0.25) is 0 Å². The quantitative estimate of drug-likeness (QED) is 0.175. The van der Waals surface area contributed by atoms with E-state index in [9.17, 15) is 9.00 Å². The summed E-state index contributed by atoms with van der Waals surface area (Å²) >= 11 is 0. The Kier molecular flexibility index (Phi) is 4.82. The van der Waals surface area contributed by atoms with Gasteiger partial charge < -0.3 is 13.7 Å². The molecule has 1 saturated heterocycles. The van der Waals surface area contributed by atoms with E-state index in [-0.39, 0.29) is 0 Å². The second kappa shape index (κ2) is 7.76. The van der Waals surface area contributed by atoms with Crippen molar-refractivity contribution in [1.82, 2.24) is 0 Å². The van der Waals surface area contributed by atoms with E-state index in [2.05, 4.69) is 6.07 Å². The molecule has 2 aliphatic heterocycles. The van der Waals surface area contributed by atoms with E-state index in [4.69, 9.17) is 13.7 Å². The summed E-state index contributed by atoms with van der Waals surface area (Å²) in [6, 6.07) is 25.5. The smallest absolute Gasteiger partial charge is 0.456 e. The van der Waals surface area contributed by atoms with E-state index >= 15 is 0 Å². The van der Waals surface area contributed by atoms with Crippen LogP contribution in [-0.4, -0.2) is 28.1 Å². The van der Waals surface area contributed by atoms with Gasteiger partial charge in [0.05, 0.1) is 11.2 Å². The second-order valence-electron chi connectivity index (χ2n) is 11.2. The molecular formula is C31H27BO5S. The van der Waals surface area contributed by atoms with Crippen molar-refractivity contribution in [3.05, 3.63) is 78.9 Å². The number of fused-ring (bicyclic) bond motifs is 6. The van der Waals surface area contributed by atoms with Gasteiger partial charge in [0.15, 0.2) is 5.62 Å². The van der Waals surface area contributed by atoms with Gasteiger partial charge in [0, 0.05) is 20.6 Å². The number of furan rings is 1. The molecular weight excluding hydrogens is 495 g/mol. The van der Waals surface area contributed by atoms with E-state index in [0.717, 1.165) is 49.7 Å². The molecule has 0 atom stereocenters. The van der Waals surface area contributed by atoms with Gasteiger partial charge in [-0.05, 0) is 95.7 Å². The van der Waals surface area contributed by atoms with Crippen LogP contribution >= 0.6 is 0 Å². The van der Waals surface area contributed by atoms with Crippen LogP contribution in [0.5, 0.6) is 0 Å². The Hall–Kier alpha value is -3.52. The summed E-state index contributed by atoms with van der Waals surface area (Å²) in [7, 11) is -3.77. The van der Waals surface area contributed by atoms with Gasteiger partial charge in [-0.15, -0.1) is 0 Å². The fourth-order valence-electron chi connectivity index (χ4n) is 5.55. The Bertz CT molecular complexity index is 1830. The van der Waals surface area contributed by atoms with Crippen LogP contribution in [0.25, 0.3) is 44.2 Å². The van der Waals surface area contributed by atoms with Crippen molar-refractivity contribution < 1.29 is 22.7 Å². The molecule has 5 nitrogen and oxygen atoms in total. The molecule has 5 aromatic rings. The maximum absolute atomic E-state index is 13.8. The zero-order valence-corrected chi connectivity index (χ0v) is 22.5. The normalized spacial score (nSPS) is 19.4. The van der Waals surface area contributed by atoms with Gasteiger partial charge in [-0.1, -0.05) is 48.5 Å². The van der Waals surface area contributed by atoms with Crippen molar-refractivity contribution in [3.63, 3.8) is 0 Å². The zero-order valence-electron chi connectivity index (χ0n) is 21.6. The molecule has 0 aliphatic carbocycles. The largest absolute Gasteiger partial charge is 0.494 e. The lowest BCUT2D eigenvalue weighted by Gasteiger charge is -2.32. The third-order valence-electron chi connectivity index (χ3n) is 8.41. The Morgan fingerprint density at radius 3 is 2.16 bits per heavy atom. The lowest BCUT2D eigenvalue weighted by molar-refractivity contribution is 0.00578. The molecule has 0 unspecified atom stereocenters. The van der Waals surface area contributed by atoms with Crippen LogP contribution in [-0.2, 0) is 24.0 Å². The minimum Gasteiger partial charge on any atom is -0.456 e. The Morgan fingerprint density at radius 2 is 1.39 bits per heavy atom. The maximum atomic E-state index is 13.8. The van der Waals surface area contributed by atoms with Crippen LogP contribution in [0, 0.1) is 0 Å². The number of thiol groups is 1. The van der Waals surface area contributed by atoms with Gasteiger partial charge in [-0.3, -0.25) is 9.00 Å². The molecule has 0 radical (unpaired) electrons. The molecule has 0 N–H and O–H groups in total. The first-order valence-corrected chi connectivity index (χ1v) is 14.5. The molecule has 3 heterocycles. The van der Waals surface area contributed by atoms with E-state index in [0.29, 0.717) is 15.4 Å². The molecule has 7 heteroatoms. The average Bonchev–Trinajstić information content (AvgIpc) is 3.48. The van der Waals surface area contributed by atoms with Crippen molar-refractivity contribution in [3.8, 4) is 22.3 Å². The van der Waals surface area contributed by atoms with E-state index < -0.39 is 28.3 Å². The lowest BCUT2D eigenvalue weighted by atomic mass is 9.79. The van der Waals surface area contributed by atoms with Crippen molar-refractivity contribution in [1.29, 1.82) is 0 Å². The molecule has 1 fully saturated rings. The van der Waals surface area contributed by atoms with Crippen molar-refractivity contribution in [2.75, 3.05) is 0 Å². The van der Waals surface area contributed by atoms with Crippen LogP contribution in [0.1, 0.15) is 27.7 Å². The fraction of sp³-hybridized carbons (Fsp3) is 0.194. The number of carbonyl (C=O) groups excluding carboxylic acids is 1. The third kappa shape index (κ3) is 3.19. The predicted molar refractivity (Wildman–Crippen MR) is 153 cm³/mol. The number of carbonyl (C=O) groups is 1. The molecule has 0 spiro atoms. The predicted octanol–water partition coefficient (Wildman–Crippen LogP) is 6.16. The molecule has 2 aliphatic rings. The van der Waals surface area contributed by atoms with Crippen LogP contribution < -0.4 is 5.46 Å². The zero-order chi connectivity index (χ0) is 26.4. The first-order valence-electron chi connectivity index (χ1n) is 12.7. The van der Waals surface area contributed by atoms with E-state index in [1.54, 1.807) is 6.07 Å². The van der Waals surface area contributed by atoms with Gasteiger partial charge >= 0.3 is 7.12 Å². The Morgan fingerprint density at radius 1 is 0.711 bits per heavy atom. The molecule has 38 heavy (non-hydrogen) atoms. The molecule has 4 aromatic carbocycles. The summed E-state index contributed by atoms with van der Waals surface area (Å²) < 4.78 is 32.4. The van der Waals surface area contributed by atoms with Gasteiger partial charge in [-0.25, -0.2) is 0 Å². The van der Waals surface area contributed by atoms with Crippen molar-refractivity contribution >= 4 is 50.1 Å². The summed E-state index contributed by atoms with van der Waals surface area (Å²) in [5, 5.41) is 1.98. The van der Waals surface area contributed by atoms with E-state index in [1.807, 2.05) is 94.4 Å². The highest BCUT2D eigenvalue weighted by molar-refractivity contribution is 8.15. The molecule has 1 aromatic heterocycles. The van der Waals surface area contributed by atoms with Crippen molar-refractivity contribution in [2.45, 2.75) is 48.7 Å². The maximum Gasteiger partial charge on any atom is 0.494 e. The molecule has 190 valence electrons. The number of hydrogen-bond acceptors (Lipinski definition) is 5. The Labute approximate surface area is 222 Å². The molecule has 0 bridgehead atoms. The van der Waals surface area contributed by atoms with E-state index in [1.165, 1.54) is 0 Å². The molecule has 0 saturated carbocycles. The summed E-state index contributed by atoms with van der Waals surface area (Å²) in [6.07, 6.45) is 0. The monoisotopic (exact) mass is 522 g/mol. The van der Waals surface area contributed by atoms with Crippen molar-refractivity contribution in [2.24, 2.45) is 0 Å².